The molecule has 1 aromatic heterocycles. The van der Waals surface area contributed by atoms with E-state index in [2.05, 4.69) is 65.3 Å². The average molecular weight is 618 g/mol. The van der Waals surface area contributed by atoms with Gasteiger partial charge in [-0.25, -0.2) is 4.79 Å². The summed E-state index contributed by atoms with van der Waals surface area (Å²) in [6.07, 6.45) is 6.02. The second-order valence-corrected chi connectivity index (χ2v) is 12.2. The number of piperidine rings is 1. The normalized spacial score (nSPS) is 17.0. The summed E-state index contributed by atoms with van der Waals surface area (Å²) in [5, 5.41) is 3.87. The van der Waals surface area contributed by atoms with Gasteiger partial charge in [-0.2, -0.15) is 0 Å². The average Bonchev–Trinajstić information content (AvgIpc) is 3.52. The highest BCUT2D eigenvalue weighted by Gasteiger charge is 2.32. The van der Waals surface area contributed by atoms with Gasteiger partial charge in [-0.1, -0.05) is 86.1 Å². The highest BCUT2D eigenvalue weighted by molar-refractivity contribution is 6.15. The highest BCUT2D eigenvalue weighted by Crippen LogP contribution is 2.33. The minimum atomic E-state index is -0.590. The van der Waals surface area contributed by atoms with E-state index >= 15 is 0 Å². The van der Waals surface area contributed by atoms with Gasteiger partial charge in [-0.05, 0) is 60.1 Å². The van der Waals surface area contributed by atoms with Crippen LogP contribution >= 0.6 is 0 Å². The minimum Gasteiger partial charge on any atom is -0.370 e. The molecule has 0 saturated carbocycles. The number of nitrogens with one attached hydrogen (secondary N) is 1. The van der Waals surface area contributed by atoms with Crippen LogP contribution in [-0.2, 0) is 17.6 Å². The third-order valence-corrected chi connectivity index (χ3v) is 9.12. The number of benzene rings is 3. The molecular weight excluding hydrogens is 576 g/mol. The molecule has 0 amide bonds. The zero-order chi connectivity index (χ0) is 32.0. The second-order valence-electron chi connectivity index (χ2n) is 12.2. The van der Waals surface area contributed by atoms with Crippen LogP contribution in [0.15, 0.2) is 98.4 Å². The molecule has 1 atom stereocenters. The summed E-state index contributed by atoms with van der Waals surface area (Å²) in [6.45, 7) is 5.91. The molecule has 0 spiro atoms. The number of carbonyl (C=O) groups is 1. The Balaban J connectivity index is 1.18. The molecule has 2 aliphatic heterocycles. The van der Waals surface area contributed by atoms with Crippen molar-refractivity contribution in [3.63, 3.8) is 0 Å². The number of ketones is 2. The molecule has 0 aliphatic carbocycles. The third kappa shape index (κ3) is 6.86. The van der Waals surface area contributed by atoms with E-state index in [1.807, 2.05) is 36.4 Å². The van der Waals surface area contributed by atoms with Crippen molar-refractivity contribution in [3.8, 4) is 22.5 Å². The minimum absolute atomic E-state index is 0.209. The van der Waals surface area contributed by atoms with Gasteiger partial charge in [0.2, 0.25) is 0 Å². The lowest BCUT2D eigenvalue weighted by Crippen LogP contribution is -2.33. The number of carbonyl (C=O) groups excluding carboxylic acids is 2. The van der Waals surface area contributed by atoms with Crippen LogP contribution in [0, 0.1) is 5.92 Å². The highest BCUT2D eigenvalue weighted by atomic mass is 16.5. The first-order chi connectivity index (χ1) is 22.4. The van der Waals surface area contributed by atoms with E-state index in [4.69, 9.17) is 9.52 Å². The van der Waals surface area contributed by atoms with E-state index in [1.165, 1.54) is 11.3 Å². The molecule has 8 heteroatoms. The van der Waals surface area contributed by atoms with Crippen LogP contribution in [0.4, 0.5) is 5.69 Å². The Morgan fingerprint density at radius 2 is 1.59 bits per heavy atom. The zero-order valence-corrected chi connectivity index (χ0v) is 26.6. The monoisotopic (exact) mass is 617 g/mol. The molecule has 46 heavy (non-hydrogen) atoms. The predicted octanol–water partition coefficient (Wildman–Crippen LogP) is 7.12. The topological polar surface area (TPSA) is 113 Å². The van der Waals surface area contributed by atoms with Crippen LogP contribution in [0.5, 0.6) is 0 Å². The lowest BCUT2D eigenvalue weighted by molar-refractivity contribution is -0.117. The predicted molar refractivity (Wildman–Crippen MR) is 183 cm³/mol. The van der Waals surface area contributed by atoms with Crippen LogP contribution in [0.3, 0.4) is 0 Å². The van der Waals surface area contributed by atoms with Crippen molar-refractivity contribution in [1.82, 2.24) is 10.1 Å². The van der Waals surface area contributed by atoms with Gasteiger partial charge in [0.25, 0.3) is 5.78 Å². The molecule has 2 N–H and O–H groups in total. The Morgan fingerprint density at radius 3 is 2.24 bits per heavy atom. The molecule has 1 unspecified atom stereocenters. The fraction of sp³-hybridized carbons (Fsp3) is 0.342. The maximum atomic E-state index is 14.2. The molecule has 8 nitrogen and oxygen atoms in total. The number of rotatable bonds is 11. The molecule has 4 aromatic rings. The quantitative estimate of drug-likeness (QED) is 0.180. The van der Waals surface area contributed by atoms with Crippen LogP contribution in [0.25, 0.3) is 22.5 Å². The summed E-state index contributed by atoms with van der Waals surface area (Å²) in [6, 6.07) is 24.6. The Labute approximate surface area is 269 Å². The number of aliphatic imine (C=N–C) groups is 1. The maximum absolute atomic E-state index is 14.2. The molecule has 0 radical (unpaired) electrons. The number of aromatic nitrogens is 2. The molecular formula is C38H41N4O4+. The van der Waals surface area contributed by atoms with Crippen LogP contribution in [0.1, 0.15) is 63.5 Å². The summed E-state index contributed by atoms with van der Waals surface area (Å²) >= 11 is 0. The molecule has 1 saturated heterocycles. The number of H-pyrrole nitrogens is 1. The maximum Gasteiger partial charge on any atom is 0.439 e. The van der Waals surface area contributed by atoms with Gasteiger partial charge in [0.15, 0.2) is 11.6 Å². The molecule has 6 rings (SSSR count). The van der Waals surface area contributed by atoms with Gasteiger partial charge in [0, 0.05) is 47.7 Å². The van der Waals surface area contributed by atoms with Crippen LogP contribution in [0.2, 0.25) is 0 Å². The van der Waals surface area contributed by atoms with Crippen molar-refractivity contribution >= 4 is 23.0 Å². The number of aryl methyl sites for hydroxylation is 1. The number of allylic oxidation sites excluding steroid dienone is 2. The molecule has 3 heterocycles. The molecule has 2 aliphatic rings. The van der Waals surface area contributed by atoms with Gasteiger partial charge >= 0.3 is 5.76 Å². The number of hydrogen-bond donors (Lipinski definition) is 1. The van der Waals surface area contributed by atoms with Crippen molar-refractivity contribution in [2.45, 2.75) is 65.2 Å². The lowest BCUT2D eigenvalue weighted by atomic mass is 9.81. The molecule has 1 fully saturated rings. The fourth-order valence-electron chi connectivity index (χ4n) is 6.58. The van der Waals surface area contributed by atoms with Gasteiger partial charge in [0.1, 0.15) is 0 Å². The Kier molecular flexibility index (Phi) is 9.52. The van der Waals surface area contributed by atoms with E-state index in [0.717, 1.165) is 97.3 Å². The SMILES string of the molecule is CCCC1=C(Cc2ccc(-c3ccccc3-c3noc(=O)[nH]3)cc2)C(=O)C(CCc2ccc(N3CCC(=[OH+])CC3)cc2)C(CC)=N1. The van der Waals surface area contributed by atoms with Crippen molar-refractivity contribution in [3.05, 3.63) is 106 Å². The first kappa shape index (κ1) is 31.1. The summed E-state index contributed by atoms with van der Waals surface area (Å²) < 4.78 is 4.73. The van der Waals surface area contributed by atoms with E-state index in [0.29, 0.717) is 18.0 Å². The first-order valence-corrected chi connectivity index (χ1v) is 16.4. The lowest BCUT2D eigenvalue weighted by Gasteiger charge is -2.27. The van der Waals surface area contributed by atoms with Crippen LogP contribution < -0.4 is 10.7 Å². The first-order valence-electron chi connectivity index (χ1n) is 16.4. The van der Waals surface area contributed by atoms with Gasteiger partial charge in [-0.3, -0.25) is 24.1 Å². The number of aromatic amines is 1. The Hall–Kier alpha value is -4.85. The zero-order valence-electron chi connectivity index (χ0n) is 26.6. The van der Waals surface area contributed by atoms with Crippen molar-refractivity contribution in [2.24, 2.45) is 10.9 Å². The third-order valence-electron chi connectivity index (χ3n) is 9.12. The van der Waals surface area contributed by atoms with E-state index in [9.17, 15) is 14.4 Å². The number of hydrogen-bond acceptors (Lipinski definition) is 6. The Morgan fingerprint density at radius 1 is 0.891 bits per heavy atom. The summed E-state index contributed by atoms with van der Waals surface area (Å²) in [4.78, 5) is 45.6. The summed E-state index contributed by atoms with van der Waals surface area (Å²) in [5.74, 6) is 0.390. The van der Waals surface area contributed by atoms with E-state index in [1.54, 1.807) is 0 Å². The van der Waals surface area contributed by atoms with Crippen molar-refractivity contribution < 1.29 is 14.1 Å². The number of Topliss-reactive ketones (excluding diaryl/α,β-unsaturated/α-hetero) is 1. The van der Waals surface area contributed by atoms with Crippen molar-refractivity contribution in [1.29, 1.82) is 0 Å². The van der Waals surface area contributed by atoms with Gasteiger partial charge in [0.05, 0.1) is 18.8 Å². The number of anilines is 1. The standard InChI is InChI=1S/C38H40N4O4/c1-3-7-35-33(24-26-10-15-27(16-11-26)30-8-5-6-9-31(30)37-40-38(45)46-41-37)36(44)32(34(4-2)39-35)19-14-25-12-17-28(18-13-25)42-22-20-29(43)21-23-42/h5-6,8-13,15-18,32H,3-4,7,14,19-24H2,1-2H3,(H,40,41,45)/p+1. The smallest absolute Gasteiger partial charge is 0.370 e. The number of nitrogens with zero attached hydrogens (tertiary/aromatic N) is 3. The second kappa shape index (κ2) is 14.1. The van der Waals surface area contributed by atoms with Crippen LogP contribution in [-0.4, -0.2) is 45.3 Å². The largest absolute Gasteiger partial charge is 0.439 e. The summed E-state index contributed by atoms with van der Waals surface area (Å²) in [7, 11) is 0. The molecule has 0 bridgehead atoms. The molecule has 3 aromatic carbocycles. The van der Waals surface area contributed by atoms with Crippen molar-refractivity contribution in [2.75, 3.05) is 18.0 Å². The van der Waals surface area contributed by atoms with Gasteiger partial charge < -0.3 is 4.90 Å². The van der Waals surface area contributed by atoms with E-state index in [-0.39, 0.29) is 11.7 Å². The fourth-order valence-corrected chi connectivity index (χ4v) is 6.58. The molecule has 236 valence electrons. The Bertz CT molecular complexity index is 1820. The van der Waals surface area contributed by atoms with Gasteiger partial charge in [-0.15, -0.1) is 0 Å². The van der Waals surface area contributed by atoms with E-state index < -0.39 is 5.76 Å². The summed E-state index contributed by atoms with van der Waals surface area (Å²) in [5.41, 5.74) is 8.90.